The summed E-state index contributed by atoms with van der Waals surface area (Å²) in [4.78, 5) is 23.8. The maximum atomic E-state index is 12.5. The molecule has 1 aromatic carbocycles. The van der Waals surface area contributed by atoms with Crippen molar-refractivity contribution in [1.82, 2.24) is 19.9 Å². The minimum Gasteiger partial charge on any atom is -0.346 e. The van der Waals surface area contributed by atoms with Crippen LogP contribution in [0.3, 0.4) is 0 Å². The molecule has 6 nitrogen and oxygen atoms in total. The van der Waals surface area contributed by atoms with Crippen molar-refractivity contribution in [2.45, 2.75) is 26.3 Å². The highest BCUT2D eigenvalue weighted by atomic mass is 16.1. The molecule has 138 valence electrons. The molecule has 0 saturated carbocycles. The van der Waals surface area contributed by atoms with E-state index in [2.05, 4.69) is 20.2 Å². The molecule has 0 spiro atoms. The number of anilines is 1. The van der Waals surface area contributed by atoms with Crippen LogP contribution < -0.4 is 10.2 Å². The fourth-order valence-electron chi connectivity index (χ4n) is 3.33. The van der Waals surface area contributed by atoms with Crippen molar-refractivity contribution in [2.75, 3.05) is 18.0 Å². The molecule has 27 heavy (non-hydrogen) atoms. The number of hydrogen-bond acceptors (Lipinski definition) is 4. The van der Waals surface area contributed by atoms with E-state index < -0.39 is 0 Å². The summed E-state index contributed by atoms with van der Waals surface area (Å²) in [6.45, 7) is 4.36. The molecule has 1 fully saturated rings. The fourth-order valence-corrected chi connectivity index (χ4v) is 3.33. The number of nitrogens with one attached hydrogen (secondary N) is 1. The molecule has 3 aromatic rings. The standard InChI is InChI=1S/C21H23N5O/c1-16-14-18(24-21(23-16)26-12-4-5-13-26)15-22-20(27)17-6-8-19(9-7-17)25-10-2-3-11-25/h2-3,6-11,14H,4-5,12-13,15H2,1H3,(H,22,27). The number of rotatable bonds is 5. The number of nitrogens with zero attached hydrogens (tertiary/aromatic N) is 4. The number of amides is 1. The quantitative estimate of drug-likeness (QED) is 0.758. The number of hydrogen-bond donors (Lipinski definition) is 1. The fraction of sp³-hybridized carbons (Fsp3) is 0.286. The van der Waals surface area contributed by atoms with E-state index in [0.717, 1.165) is 36.1 Å². The Hall–Kier alpha value is -3.15. The smallest absolute Gasteiger partial charge is 0.251 e. The van der Waals surface area contributed by atoms with E-state index in [4.69, 9.17) is 0 Å². The van der Waals surface area contributed by atoms with Gasteiger partial charge in [0.15, 0.2) is 0 Å². The van der Waals surface area contributed by atoms with Gasteiger partial charge in [-0.3, -0.25) is 4.79 Å². The highest BCUT2D eigenvalue weighted by Gasteiger charge is 2.16. The van der Waals surface area contributed by atoms with E-state index in [0.29, 0.717) is 12.1 Å². The third-order valence-corrected chi connectivity index (χ3v) is 4.75. The van der Waals surface area contributed by atoms with Crippen molar-refractivity contribution in [3.8, 4) is 5.69 Å². The summed E-state index contributed by atoms with van der Waals surface area (Å²) in [5, 5.41) is 2.96. The van der Waals surface area contributed by atoms with Crippen molar-refractivity contribution in [3.05, 3.63) is 71.8 Å². The summed E-state index contributed by atoms with van der Waals surface area (Å²) < 4.78 is 2.01. The van der Waals surface area contributed by atoms with Crippen molar-refractivity contribution < 1.29 is 4.79 Å². The molecular weight excluding hydrogens is 338 g/mol. The first-order chi connectivity index (χ1) is 13.2. The Morgan fingerprint density at radius 3 is 2.48 bits per heavy atom. The van der Waals surface area contributed by atoms with Crippen LogP contribution in [0.1, 0.15) is 34.6 Å². The lowest BCUT2D eigenvalue weighted by Crippen LogP contribution is -2.25. The first-order valence-electron chi connectivity index (χ1n) is 9.30. The van der Waals surface area contributed by atoms with Gasteiger partial charge in [-0.25, -0.2) is 9.97 Å². The van der Waals surface area contributed by atoms with Crippen LogP contribution in [0.15, 0.2) is 54.9 Å². The van der Waals surface area contributed by atoms with Gasteiger partial charge in [0.1, 0.15) is 0 Å². The van der Waals surface area contributed by atoms with E-state index in [1.807, 2.05) is 66.3 Å². The Labute approximate surface area is 158 Å². The molecule has 4 rings (SSSR count). The minimum atomic E-state index is -0.104. The Bertz CT molecular complexity index is 912. The molecule has 1 N–H and O–H groups in total. The molecule has 0 aliphatic carbocycles. The van der Waals surface area contributed by atoms with Gasteiger partial charge in [-0.15, -0.1) is 0 Å². The molecule has 6 heteroatoms. The molecular formula is C21H23N5O. The Kier molecular flexibility index (Phi) is 4.87. The molecule has 1 amide bonds. The average molecular weight is 361 g/mol. The number of carbonyl (C=O) groups is 1. The Morgan fingerprint density at radius 1 is 1.07 bits per heavy atom. The molecule has 0 bridgehead atoms. The zero-order valence-electron chi connectivity index (χ0n) is 15.4. The second-order valence-electron chi connectivity index (χ2n) is 6.81. The summed E-state index contributed by atoms with van der Waals surface area (Å²) >= 11 is 0. The number of carbonyl (C=O) groups excluding carboxylic acids is 1. The first kappa shape index (κ1) is 17.3. The van der Waals surface area contributed by atoms with Crippen LogP contribution in [-0.2, 0) is 6.54 Å². The monoisotopic (exact) mass is 361 g/mol. The predicted molar refractivity (Wildman–Crippen MR) is 105 cm³/mol. The largest absolute Gasteiger partial charge is 0.346 e. The number of aromatic nitrogens is 3. The Balaban J connectivity index is 1.41. The molecule has 3 heterocycles. The van der Waals surface area contributed by atoms with Crippen molar-refractivity contribution in [2.24, 2.45) is 0 Å². The summed E-state index contributed by atoms with van der Waals surface area (Å²) in [5.41, 5.74) is 3.42. The lowest BCUT2D eigenvalue weighted by atomic mass is 10.2. The van der Waals surface area contributed by atoms with Crippen LogP contribution in [0.25, 0.3) is 5.69 Å². The summed E-state index contributed by atoms with van der Waals surface area (Å²) in [6, 6.07) is 13.4. The van der Waals surface area contributed by atoms with Gasteiger partial charge in [0.25, 0.3) is 5.91 Å². The zero-order chi connectivity index (χ0) is 18.6. The van der Waals surface area contributed by atoms with Crippen LogP contribution in [0.5, 0.6) is 0 Å². The lowest BCUT2D eigenvalue weighted by molar-refractivity contribution is 0.0950. The molecule has 2 aromatic heterocycles. The van der Waals surface area contributed by atoms with E-state index in [1.54, 1.807) is 0 Å². The third-order valence-electron chi connectivity index (χ3n) is 4.75. The van der Waals surface area contributed by atoms with E-state index in [1.165, 1.54) is 12.8 Å². The van der Waals surface area contributed by atoms with Gasteiger partial charge in [-0.2, -0.15) is 0 Å². The third kappa shape index (κ3) is 4.00. The van der Waals surface area contributed by atoms with Gasteiger partial charge in [0.05, 0.1) is 12.2 Å². The molecule has 1 aliphatic rings. The van der Waals surface area contributed by atoms with Gasteiger partial charge in [0.2, 0.25) is 5.95 Å². The number of benzene rings is 1. The van der Waals surface area contributed by atoms with E-state index in [9.17, 15) is 4.79 Å². The summed E-state index contributed by atoms with van der Waals surface area (Å²) in [6.07, 6.45) is 6.32. The molecule has 1 aliphatic heterocycles. The molecule has 1 saturated heterocycles. The van der Waals surface area contributed by atoms with Crippen LogP contribution in [-0.4, -0.2) is 33.5 Å². The first-order valence-corrected chi connectivity index (χ1v) is 9.30. The summed E-state index contributed by atoms with van der Waals surface area (Å²) in [5.74, 6) is 0.667. The minimum absolute atomic E-state index is 0.104. The maximum Gasteiger partial charge on any atom is 0.251 e. The highest BCUT2D eigenvalue weighted by molar-refractivity contribution is 5.94. The van der Waals surface area contributed by atoms with Crippen LogP contribution in [0.4, 0.5) is 5.95 Å². The highest BCUT2D eigenvalue weighted by Crippen LogP contribution is 2.17. The summed E-state index contributed by atoms with van der Waals surface area (Å²) in [7, 11) is 0. The van der Waals surface area contributed by atoms with Crippen molar-refractivity contribution >= 4 is 11.9 Å². The van der Waals surface area contributed by atoms with Crippen molar-refractivity contribution in [1.29, 1.82) is 0 Å². The maximum absolute atomic E-state index is 12.5. The van der Waals surface area contributed by atoms with E-state index in [-0.39, 0.29) is 5.91 Å². The molecule has 0 atom stereocenters. The zero-order valence-corrected chi connectivity index (χ0v) is 15.4. The van der Waals surface area contributed by atoms with Gasteiger partial charge >= 0.3 is 0 Å². The average Bonchev–Trinajstić information content (AvgIpc) is 3.40. The van der Waals surface area contributed by atoms with Gasteiger partial charge in [0, 0.05) is 42.4 Å². The van der Waals surface area contributed by atoms with Crippen LogP contribution in [0, 0.1) is 6.92 Å². The molecule has 0 radical (unpaired) electrons. The second-order valence-corrected chi connectivity index (χ2v) is 6.81. The van der Waals surface area contributed by atoms with Gasteiger partial charge in [-0.05, 0) is 62.2 Å². The van der Waals surface area contributed by atoms with Crippen LogP contribution >= 0.6 is 0 Å². The molecule has 0 unspecified atom stereocenters. The SMILES string of the molecule is Cc1cc(CNC(=O)c2ccc(-n3cccc3)cc2)nc(N2CCCC2)n1. The Morgan fingerprint density at radius 2 is 1.78 bits per heavy atom. The predicted octanol–water partition coefficient (Wildman–Crippen LogP) is 3.11. The topological polar surface area (TPSA) is 63.1 Å². The van der Waals surface area contributed by atoms with Crippen molar-refractivity contribution in [3.63, 3.8) is 0 Å². The second kappa shape index (κ2) is 7.61. The normalized spacial score (nSPS) is 13.7. The van der Waals surface area contributed by atoms with Gasteiger partial charge in [-0.1, -0.05) is 0 Å². The van der Waals surface area contributed by atoms with Gasteiger partial charge < -0.3 is 14.8 Å². The van der Waals surface area contributed by atoms with E-state index >= 15 is 0 Å². The van der Waals surface area contributed by atoms with Crippen LogP contribution in [0.2, 0.25) is 0 Å². The number of aryl methyl sites for hydroxylation is 1. The lowest BCUT2D eigenvalue weighted by Gasteiger charge is -2.16.